The van der Waals surface area contributed by atoms with E-state index in [1.165, 1.54) is 0 Å². The minimum absolute atomic E-state index is 0.0752. The topological polar surface area (TPSA) is 64.3 Å². The molecular weight excluding hydrogens is 276 g/mol. The molecule has 1 unspecified atom stereocenters. The Balaban J connectivity index is 1.93. The summed E-state index contributed by atoms with van der Waals surface area (Å²) in [6.07, 6.45) is 1.29. The molecule has 1 aliphatic heterocycles. The number of hydrogen-bond acceptors (Lipinski definition) is 3. The number of hydrogen-bond donors (Lipinski definition) is 2. The van der Waals surface area contributed by atoms with Crippen molar-refractivity contribution in [2.75, 3.05) is 11.9 Å². The Hall–Kier alpha value is -2.33. The fraction of sp³-hybridized carbons (Fsp3) is 0.278. The van der Waals surface area contributed by atoms with Gasteiger partial charge >= 0.3 is 0 Å². The van der Waals surface area contributed by atoms with Crippen molar-refractivity contribution < 1.29 is 9.53 Å². The molecule has 0 saturated carbocycles. The second-order valence-corrected chi connectivity index (χ2v) is 5.41. The van der Waals surface area contributed by atoms with Crippen LogP contribution in [0, 0.1) is 0 Å². The number of para-hydroxylation sites is 1. The Kier molecular flexibility index (Phi) is 4.11. The van der Waals surface area contributed by atoms with E-state index in [9.17, 15) is 4.79 Å². The summed E-state index contributed by atoms with van der Waals surface area (Å²) in [7, 11) is 0. The van der Waals surface area contributed by atoms with Crippen LogP contribution in [0.3, 0.4) is 0 Å². The molecule has 3 N–H and O–H groups in total. The molecule has 22 heavy (non-hydrogen) atoms. The van der Waals surface area contributed by atoms with Gasteiger partial charge in [0.1, 0.15) is 5.75 Å². The molecule has 0 saturated heterocycles. The SMILES string of the molecule is CCOc1ccccc1C(N)c1ccc2c(c1)CCC(=O)N2. The van der Waals surface area contributed by atoms with Gasteiger partial charge in [-0.2, -0.15) is 0 Å². The molecule has 114 valence electrons. The van der Waals surface area contributed by atoms with Gasteiger partial charge in [-0.3, -0.25) is 4.79 Å². The molecule has 0 aliphatic carbocycles. The predicted molar refractivity (Wildman–Crippen MR) is 87.0 cm³/mol. The van der Waals surface area contributed by atoms with Crippen molar-refractivity contribution in [3.8, 4) is 5.75 Å². The molecule has 0 radical (unpaired) electrons. The molecular formula is C18H20N2O2. The smallest absolute Gasteiger partial charge is 0.224 e. The van der Waals surface area contributed by atoms with Crippen LogP contribution < -0.4 is 15.8 Å². The lowest BCUT2D eigenvalue weighted by molar-refractivity contribution is -0.116. The van der Waals surface area contributed by atoms with E-state index in [4.69, 9.17) is 10.5 Å². The van der Waals surface area contributed by atoms with Crippen LogP contribution in [0.15, 0.2) is 42.5 Å². The summed E-state index contributed by atoms with van der Waals surface area (Å²) in [6.45, 7) is 2.57. The first-order valence-electron chi connectivity index (χ1n) is 7.59. The summed E-state index contributed by atoms with van der Waals surface area (Å²) in [5, 5.41) is 2.89. The van der Waals surface area contributed by atoms with Crippen molar-refractivity contribution >= 4 is 11.6 Å². The zero-order valence-corrected chi connectivity index (χ0v) is 12.6. The molecule has 0 bridgehead atoms. The highest BCUT2D eigenvalue weighted by atomic mass is 16.5. The number of aryl methyl sites for hydroxylation is 1. The van der Waals surface area contributed by atoms with Crippen molar-refractivity contribution in [2.24, 2.45) is 5.73 Å². The molecule has 0 aromatic heterocycles. The maximum Gasteiger partial charge on any atom is 0.224 e. The van der Waals surface area contributed by atoms with Crippen molar-refractivity contribution in [1.82, 2.24) is 0 Å². The molecule has 3 rings (SSSR count). The lowest BCUT2D eigenvalue weighted by atomic mass is 9.94. The fourth-order valence-electron chi connectivity index (χ4n) is 2.80. The molecule has 1 aliphatic rings. The van der Waals surface area contributed by atoms with Gasteiger partial charge < -0.3 is 15.8 Å². The number of nitrogens with two attached hydrogens (primary N) is 1. The minimum Gasteiger partial charge on any atom is -0.494 e. The van der Waals surface area contributed by atoms with Crippen LogP contribution in [0.25, 0.3) is 0 Å². The highest BCUT2D eigenvalue weighted by molar-refractivity contribution is 5.93. The van der Waals surface area contributed by atoms with E-state index in [-0.39, 0.29) is 11.9 Å². The van der Waals surface area contributed by atoms with Crippen molar-refractivity contribution in [2.45, 2.75) is 25.8 Å². The molecule has 4 heteroatoms. The number of fused-ring (bicyclic) bond motifs is 1. The fourth-order valence-corrected chi connectivity index (χ4v) is 2.80. The molecule has 0 spiro atoms. The first kappa shape index (κ1) is 14.6. The monoisotopic (exact) mass is 296 g/mol. The van der Waals surface area contributed by atoms with E-state index in [0.29, 0.717) is 13.0 Å². The van der Waals surface area contributed by atoms with E-state index >= 15 is 0 Å². The van der Waals surface area contributed by atoms with E-state index < -0.39 is 0 Å². The zero-order valence-electron chi connectivity index (χ0n) is 12.6. The molecule has 1 amide bonds. The zero-order chi connectivity index (χ0) is 15.5. The maximum absolute atomic E-state index is 11.4. The van der Waals surface area contributed by atoms with Gasteiger partial charge in [0.05, 0.1) is 12.6 Å². The highest BCUT2D eigenvalue weighted by Gasteiger charge is 2.18. The second-order valence-electron chi connectivity index (χ2n) is 5.41. The van der Waals surface area contributed by atoms with Gasteiger partial charge in [-0.25, -0.2) is 0 Å². The Morgan fingerprint density at radius 2 is 2.05 bits per heavy atom. The molecule has 4 nitrogen and oxygen atoms in total. The Labute approximate surface area is 130 Å². The number of benzene rings is 2. The number of carbonyl (C=O) groups is 1. The third-order valence-electron chi connectivity index (χ3n) is 3.94. The molecule has 1 atom stereocenters. The van der Waals surface area contributed by atoms with E-state index in [2.05, 4.69) is 11.4 Å². The van der Waals surface area contributed by atoms with Gasteiger partial charge in [0, 0.05) is 17.7 Å². The third-order valence-corrected chi connectivity index (χ3v) is 3.94. The van der Waals surface area contributed by atoms with Crippen LogP contribution in [-0.2, 0) is 11.2 Å². The summed E-state index contributed by atoms with van der Waals surface area (Å²) < 4.78 is 5.67. The normalized spacial score (nSPS) is 14.9. The molecule has 2 aromatic carbocycles. The largest absolute Gasteiger partial charge is 0.494 e. The van der Waals surface area contributed by atoms with Crippen LogP contribution >= 0.6 is 0 Å². The van der Waals surface area contributed by atoms with E-state index in [1.54, 1.807) is 0 Å². The summed E-state index contributed by atoms with van der Waals surface area (Å²) in [5.74, 6) is 0.898. The van der Waals surface area contributed by atoms with Crippen molar-refractivity contribution in [3.63, 3.8) is 0 Å². The maximum atomic E-state index is 11.4. The Bertz CT molecular complexity index is 697. The average Bonchev–Trinajstić information content (AvgIpc) is 2.54. The standard InChI is InChI=1S/C18H20N2O2/c1-2-22-16-6-4-3-5-14(16)18(19)13-7-9-15-12(11-13)8-10-17(21)20-15/h3-7,9,11,18H,2,8,10,19H2,1H3,(H,20,21). The number of rotatable bonds is 4. The number of anilines is 1. The summed E-state index contributed by atoms with van der Waals surface area (Å²) in [6, 6.07) is 13.6. The van der Waals surface area contributed by atoms with E-state index in [1.807, 2.05) is 43.3 Å². The Morgan fingerprint density at radius 1 is 1.23 bits per heavy atom. The van der Waals surface area contributed by atoms with Crippen LogP contribution in [-0.4, -0.2) is 12.5 Å². The van der Waals surface area contributed by atoms with Crippen molar-refractivity contribution in [3.05, 3.63) is 59.2 Å². The van der Waals surface area contributed by atoms with E-state index in [0.717, 1.165) is 34.5 Å². The number of nitrogens with one attached hydrogen (secondary N) is 1. The number of ether oxygens (including phenoxy) is 1. The summed E-state index contributed by atoms with van der Waals surface area (Å²) >= 11 is 0. The van der Waals surface area contributed by atoms with Crippen LogP contribution in [0.4, 0.5) is 5.69 Å². The first-order chi connectivity index (χ1) is 10.7. The number of carbonyl (C=O) groups excluding carboxylic acids is 1. The summed E-state index contributed by atoms with van der Waals surface area (Å²) in [4.78, 5) is 11.4. The van der Waals surface area contributed by atoms with Gasteiger partial charge in [0.25, 0.3) is 0 Å². The minimum atomic E-state index is -0.245. The molecule has 1 heterocycles. The third kappa shape index (κ3) is 2.83. The lowest BCUT2D eigenvalue weighted by Crippen LogP contribution is -2.20. The lowest BCUT2D eigenvalue weighted by Gasteiger charge is -2.21. The van der Waals surface area contributed by atoms with Gasteiger partial charge in [-0.05, 0) is 36.6 Å². The van der Waals surface area contributed by atoms with Crippen LogP contribution in [0.1, 0.15) is 36.1 Å². The first-order valence-corrected chi connectivity index (χ1v) is 7.59. The van der Waals surface area contributed by atoms with Gasteiger partial charge in [-0.1, -0.05) is 30.3 Å². The van der Waals surface area contributed by atoms with Crippen LogP contribution in [0.5, 0.6) is 5.75 Å². The van der Waals surface area contributed by atoms with Gasteiger partial charge in [0.2, 0.25) is 5.91 Å². The average molecular weight is 296 g/mol. The summed E-state index contributed by atoms with van der Waals surface area (Å²) in [5.41, 5.74) is 10.5. The number of amides is 1. The highest BCUT2D eigenvalue weighted by Crippen LogP contribution is 2.31. The Morgan fingerprint density at radius 3 is 2.86 bits per heavy atom. The van der Waals surface area contributed by atoms with Gasteiger partial charge in [-0.15, -0.1) is 0 Å². The second kappa shape index (κ2) is 6.20. The predicted octanol–water partition coefficient (Wildman–Crippen LogP) is 3.02. The molecule has 0 fully saturated rings. The quantitative estimate of drug-likeness (QED) is 0.911. The van der Waals surface area contributed by atoms with Crippen molar-refractivity contribution in [1.29, 1.82) is 0 Å². The molecule has 2 aromatic rings. The van der Waals surface area contributed by atoms with Crippen LogP contribution in [0.2, 0.25) is 0 Å². The van der Waals surface area contributed by atoms with Gasteiger partial charge in [0.15, 0.2) is 0 Å².